The lowest BCUT2D eigenvalue weighted by Crippen LogP contribution is -2.55. The van der Waals surface area contributed by atoms with Gasteiger partial charge >= 0.3 is 0 Å². The highest BCUT2D eigenvalue weighted by molar-refractivity contribution is 5.72. The van der Waals surface area contributed by atoms with Crippen molar-refractivity contribution in [3.8, 4) is 0 Å². The number of likely N-dealkylation sites (N-methyl/N-ethyl adjacent to an activating group) is 1. The lowest BCUT2D eigenvalue weighted by molar-refractivity contribution is -0.935. The van der Waals surface area contributed by atoms with E-state index in [9.17, 15) is 4.79 Å². The largest absolute Gasteiger partial charge is 0.351 e. The van der Waals surface area contributed by atoms with Gasteiger partial charge in [-0.2, -0.15) is 0 Å². The first-order valence-electron chi connectivity index (χ1n) is 12.9. The molecule has 1 N–H and O–H groups in total. The Morgan fingerprint density at radius 3 is 2.13 bits per heavy atom. The van der Waals surface area contributed by atoms with E-state index >= 15 is 0 Å². The van der Waals surface area contributed by atoms with Gasteiger partial charge in [-0.05, 0) is 32.6 Å². The summed E-state index contributed by atoms with van der Waals surface area (Å²) in [5.41, 5.74) is 0. The van der Waals surface area contributed by atoms with Crippen molar-refractivity contribution >= 4 is 12.1 Å². The van der Waals surface area contributed by atoms with E-state index in [0.29, 0.717) is 6.17 Å². The molecule has 2 unspecified atom stereocenters. The standard InChI is InChI=1S/C26H49N3O/c1-4-6-7-8-9-10-11-12-13-14-15-16-17-18-19-20-26-28-22-24-29(26,5-2)23-21-27-25(3)30/h6-7,22,26H,4-5,8-21,23-24H2,1-3H3/p+1/b7-6+. The maximum absolute atomic E-state index is 11.2. The molecule has 4 nitrogen and oxygen atoms in total. The first-order chi connectivity index (χ1) is 14.6. The maximum Gasteiger partial charge on any atom is 0.217 e. The van der Waals surface area contributed by atoms with Crippen molar-refractivity contribution in [2.75, 3.05) is 26.2 Å². The first kappa shape index (κ1) is 26.9. The summed E-state index contributed by atoms with van der Waals surface area (Å²) in [5.74, 6) is 0.0701. The van der Waals surface area contributed by atoms with Gasteiger partial charge in [0.2, 0.25) is 5.91 Å². The summed E-state index contributed by atoms with van der Waals surface area (Å²) in [7, 11) is 0. The zero-order chi connectivity index (χ0) is 21.9. The third-order valence-corrected chi connectivity index (χ3v) is 6.65. The molecule has 1 amide bonds. The maximum atomic E-state index is 11.2. The van der Waals surface area contributed by atoms with Crippen LogP contribution in [0.25, 0.3) is 0 Å². The lowest BCUT2D eigenvalue weighted by atomic mass is 10.0. The summed E-state index contributed by atoms with van der Waals surface area (Å²) in [4.78, 5) is 16.0. The van der Waals surface area contributed by atoms with Crippen molar-refractivity contribution in [2.24, 2.45) is 4.99 Å². The van der Waals surface area contributed by atoms with Crippen LogP contribution in [0.3, 0.4) is 0 Å². The number of rotatable bonds is 19. The van der Waals surface area contributed by atoms with Crippen LogP contribution in [0.2, 0.25) is 0 Å². The van der Waals surface area contributed by atoms with Crippen molar-refractivity contribution in [3.05, 3.63) is 12.2 Å². The number of carbonyl (C=O) groups excluding carboxylic acids is 1. The molecular formula is C26H50N3O+. The molecule has 1 heterocycles. The highest BCUT2D eigenvalue weighted by atomic mass is 16.1. The van der Waals surface area contributed by atoms with E-state index in [1.54, 1.807) is 6.92 Å². The zero-order valence-corrected chi connectivity index (χ0v) is 20.3. The Hall–Kier alpha value is -1.16. The minimum Gasteiger partial charge on any atom is -0.351 e. The number of aliphatic imine (C=N–C) groups is 1. The number of hydrogen-bond donors (Lipinski definition) is 1. The second kappa shape index (κ2) is 17.5. The molecule has 2 atom stereocenters. The number of amides is 1. The molecule has 0 aliphatic carbocycles. The highest BCUT2D eigenvalue weighted by Crippen LogP contribution is 2.24. The van der Waals surface area contributed by atoms with Gasteiger partial charge in [0.15, 0.2) is 6.17 Å². The average Bonchev–Trinajstić information content (AvgIpc) is 3.13. The van der Waals surface area contributed by atoms with Crippen molar-refractivity contribution in [1.29, 1.82) is 0 Å². The number of quaternary nitrogens is 1. The van der Waals surface area contributed by atoms with Crippen LogP contribution in [-0.4, -0.2) is 48.9 Å². The second-order valence-corrected chi connectivity index (χ2v) is 9.08. The molecule has 0 radical (unpaired) electrons. The summed E-state index contributed by atoms with van der Waals surface area (Å²) < 4.78 is 1.02. The van der Waals surface area contributed by atoms with Crippen molar-refractivity contribution in [3.63, 3.8) is 0 Å². The molecule has 0 bridgehead atoms. The molecule has 0 spiro atoms. The predicted molar refractivity (Wildman–Crippen MR) is 131 cm³/mol. The number of hydrogen-bond acceptors (Lipinski definition) is 2. The van der Waals surface area contributed by atoms with E-state index in [-0.39, 0.29) is 5.91 Å². The van der Waals surface area contributed by atoms with Gasteiger partial charge in [-0.1, -0.05) is 76.9 Å². The van der Waals surface area contributed by atoms with Crippen molar-refractivity contribution in [1.82, 2.24) is 5.32 Å². The van der Waals surface area contributed by atoms with E-state index in [1.807, 2.05) is 0 Å². The molecule has 1 rings (SSSR count). The zero-order valence-electron chi connectivity index (χ0n) is 20.3. The Bertz CT molecular complexity index is 489. The Morgan fingerprint density at radius 2 is 1.57 bits per heavy atom. The molecule has 0 aromatic rings. The second-order valence-electron chi connectivity index (χ2n) is 9.08. The molecule has 0 saturated heterocycles. The van der Waals surface area contributed by atoms with Gasteiger partial charge in [-0.25, -0.2) is 4.99 Å². The smallest absolute Gasteiger partial charge is 0.217 e. The molecule has 0 saturated carbocycles. The highest BCUT2D eigenvalue weighted by Gasteiger charge is 2.37. The fraction of sp³-hybridized carbons (Fsp3) is 0.846. The average molecular weight is 421 g/mol. The Balaban J connectivity index is 1.98. The number of unbranched alkanes of at least 4 members (excludes halogenated alkanes) is 11. The van der Waals surface area contributed by atoms with E-state index in [2.05, 4.69) is 37.5 Å². The minimum absolute atomic E-state index is 0.0701. The summed E-state index contributed by atoms with van der Waals surface area (Å²) >= 11 is 0. The van der Waals surface area contributed by atoms with Crippen LogP contribution in [0.4, 0.5) is 0 Å². The summed E-state index contributed by atoms with van der Waals surface area (Å²) in [6, 6.07) is 0. The van der Waals surface area contributed by atoms with Crippen LogP contribution in [0.5, 0.6) is 0 Å². The molecule has 0 aromatic heterocycles. The molecule has 174 valence electrons. The number of nitrogens with zero attached hydrogens (tertiary/aromatic N) is 2. The number of carbonyl (C=O) groups is 1. The third-order valence-electron chi connectivity index (χ3n) is 6.65. The van der Waals surface area contributed by atoms with Gasteiger partial charge < -0.3 is 5.32 Å². The molecule has 1 aliphatic rings. The normalized spacial score (nSPS) is 21.0. The van der Waals surface area contributed by atoms with Crippen LogP contribution in [0.1, 0.15) is 111 Å². The summed E-state index contributed by atoms with van der Waals surface area (Å²) in [6.07, 6.45) is 26.0. The van der Waals surface area contributed by atoms with Gasteiger partial charge in [0.1, 0.15) is 6.54 Å². The van der Waals surface area contributed by atoms with Gasteiger partial charge in [0.05, 0.1) is 25.8 Å². The Kier molecular flexibility index (Phi) is 15.7. The molecule has 4 heteroatoms. The monoisotopic (exact) mass is 420 g/mol. The number of nitrogens with one attached hydrogen (secondary N) is 1. The molecular weight excluding hydrogens is 370 g/mol. The Morgan fingerprint density at radius 1 is 0.967 bits per heavy atom. The number of allylic oxidation sites excluding steroid dienone is 2. The first-order valence-corrected chi connectivity index (χ1v) is 12.9. The fourth-order valence-electron chi connectivity index (χ4n) is 4.60. The van der Waals surface area contributed by atoms with Crippen LogP contribution >= 0.6 is 0 Å². The minimum atomic E-state index is 0.0701. The molecule has 30 heavy (non-hydrogen) atoms. The van der Waals surface area contributed by atoms with Crippen LogP contribution in [0.15, 0.2) is 17.1 Å². The van der Waals surface area contributed by atoms with E-state index in [1.165, 1.54) is 89.9 Å². The SMILES string of the molecule is CC/C=C/CCCCCCCCCCCCCC1N=CC[N+]1(CC)CCNC(C)=O. The van der Waals surface area contributed by atoms with Crippen LogP contribution in [-0.2, 0) is 4.79 Å². The Labute approximate surface area is 187 Å². The van der Waals surface area contributed by atoms with E-state index < -0.39 is 0 Å². The van der Waals surface area contributed by atoms with Crippen molar-refractivity contribution in [2.45, 2.75) is 117 Å². The molecule has 1 aliphatic heterocycles. The van der Waals surface area contributed by atoms with Gasteiger partial charge in [-0.3, -0.25) is 9.28 Å². The predicted octanol–water partition coefficient (Wildman–Crippen LogP) is 6.41. The van der Waals surface area contributed by atoms with Crippen LogP contribution in [0, 0.1) is 0 Å². The van der Waals surface area contributed by atoms with Gasteiger partial charge in [0, 0.05) is 13.3 Å². The van der Waals surface area contributed by atoms with Crippen molar-refractivity contribution < 1.29 is 9.28 Å². The van der Waals surface area contributed by atoms with Gasteiger partial charge in [0.25, 0.3) is 0 Å². The molecule has 0 aromatic carbocycles. The lowest BCUT2D eigenvalue weighted by Gasteiger charge is -2.38. The summed E-state index contributed by atoms with van der Waals surface area (Å²) in [6.45, 7) is 9.95. The van der Waals surface area contributed by atoms with Crippen LogP contribution < -0.4 is 5.32 Å². The van der Waals surface area contributed by atoms with E-state index in [0.717, 1.165) is 30.7 Å². The quantitative estimate of drug-likeness (QED) is 0.146. The van der Waals surface area contributed by atoms with Gasteiger partial charge in [-0.15, -0.1) is 0 Å². The molecule has 0 fully saturated rings. The van der Waals surface area contributed by atoms with E-state index in [4.69, 9.17) is 4.99 Å². The third kappa shape index (κ3) is 11.9. The summed E-state index contributed by atoms with van der Waals surface area (Å²) in [5, 5.41) is 2.96. The topological polar surface area (TPSA) is 41.5 Å². The fourth-order valence-corrected chi connectivity index (χ4v) is 4.60.